The van der Waals surface area contributed by atoms with Crippen molar-refractivity contribution >= 4 is 16.6 Å². The minimum atomic E-state index is -0.404. The SMILES string of the molecule is Nc1cc(F)cc2cc(O)[nH]c12. The maximum Gasteiger partial charge on any atom is 0.189 e. The lowest BCUT2D eigenvalue weighted by Gasteiger charge is -1.95. The van der Waals surface area contributed by atoms with Crippen LogP contribution < -0.4 is 5.73 Å². The smallest absolute Gasteiger partial charge is 0.189 e. The van der Waals surface area contributed by atoms with E-state index < -0.39 is 5.82 Å². The summed E-state index contributed by atoms with van der Waals surface area (Å²) in [5.74, 6) is -0.415. The van der Waals surface area contributed by atoms with Gasteiger partial charge in [0.25, 0.3) is 0 Å². The number of nitrogens with two attached hydrogens (primary N) is 1. The molecule has 0 amide bonds. The van der Waals surface area contributed by atoms with Gasteiger partial charge in [0.2, 0.25) is 0 Å². The highest BCUT2D eigenvalue weighted by Crippen LogP contribution is 2.25. The van der Waals surface area contributed by atoms with Gasteiger partial charge in [0.05, 0.1) is 11.2 Å². The topological polar surface area (TPSA) is 62.0 Å². The van der Waals surface area contributed by atoms with Crippen LogP contribution in [0.25, 0.3) is 10.9 Å². The summed E-state index contributed by atoms with van der Waals surface area (Å²) in [6, 6.07) is 3.94. The standard InChI is InChI=1S/C8H7FN2O/c9-5-1-4-2-7(12)11-8(4)6(10)3-5/h1-3,11-12H,10H2. The summed E-state index contributed by atoms with van der Waals surface area (Å²) in [6.07, 6.45) is 0. The van der Waals surface area contributed by atoms with E-state index >= 15 is 0 Å². The Kier molecular flexibility index (Phi) is 1.24. The van der Waals surface area contributed by atoms with Gasteiger partial charge in [-0.3, -0.25) is 0 Å². The third-order valence-electron chi connectivity index (χ3n) is 1.71. The molecule has 0 saturated carbocycles. The van der Waals surface area contributed by atoms with Crippen LogP contribution in [-0.4, -0.2) is 10.1 Å². The average molecular weight is 166 g/mol. The summed E-state index contributed by atoms with van der Waals surface area (Å²) < 4.78 is 12.7. The summed E-state index contributed by atoms with van der Waals surface area (Å²) in [7, 11) is 0. The lowest BCUT2D eigenvalue weighted by molar-refractivity contribution is 0.458. The fourth-order valence-electron chi connectivity index (χ4n) is 1.22. The van der Waals surface area contributed by atoms with Crippen LogP contribution in [0.5, 0.6) is 5.88 Å². The number of anilines is 1. The first kappa shape index (κ1) is 6.97. The molecule has 0 bridgehead atoms. The van der Waals surface area contributed by atoms with Gasteiger partial charge < -0.3 is 15.8 Å². The van der Waals surface area contributed by atoms with E-state index in [2.05, 4.69) is 4.98 Å². The molecule has 0 unspecified atom stereocenters. The second-order valence-electron chi connectivity index (χ2n) is 2.61. The second kappa shape index (κ2) is 2.14. The largest absolute Gasteiger partial charge is 0.495 e. The number of rotatable bonds is 0. The molecule has 0 aliphatic carbocycles. The third-order valence-corrected chi connectivity index (χ3v) is 1.71. The normalized spacial score (nSPS) is 10.8. The Morgan fingerprint density at radius 2 is 2.08 bits per heavy atom. The zero-order valence-corrected chi connectivity index (χ0v) is 6.13. The molecule has 12 heavy (non-hydrogen) atoms. The lowest BCUT2D eigenvalue weighted by Crippen LogP contribution is -1.87. The number of aromatic nitrogens is 1. The van der Waals surface area contributed by atoms with Gasteiger partial charge in [-0.2, -0.15) is 0 Å². The summed E-state index contributed by atoms with van der Waals surface area (Å²) in [5.41, 5.74) is 6.35. The van der Waals surface area contributed by atoms with Crippen LogP contribution in [0, 0.1) is 5.82 Å². The van der Waals surface area contributed by atoms with Crippen molar-refractivity contribution in [2.75, 3.05) is 5.73 Å². The number of benzene rings is 1. The minimum absolute atomic E-state index is 0.0118. The van der Waals surface area contributed by atoms with E-state index in [0.717, 1.165) is 0 Å². The van der Waals surface area contributed by atoms with E-state index in [1.54, 1.807) is 0 Å². The number of halogens is 1. The third kappa shape index (κ3) is 0.887. The van der Waals surface area contributed by atoms with Crippen molar-refractivity contribution in [3.8, 4) is 5.88 Å². The summed E-state index contributed by atoms with van der Waals surface area (Å²) in [4.78, 5) is 2.62. The van der Waals surface area contributed by atoms with Gasteiger partial charge >= 0.3 is 0 Å². The molecule has 0 radical (unpaired) electrons. The highest BCUT2D eigenvalue weighted by atomic mass is 19.1. The average Bonchev–Trinajstić information content (AvgIpc) is 2.29. The van der Waals surface area contributed by atoms with Crippen molar-refractivity contribution < 1.29 is 9.50 Å². The molecular weight excluding hydrogens is 159 g/mol. The molecule has 1 aromatic heterocycles. The maximum absolute atomic E-state index is 12.7. The number of aromatic amines is 1. The van der Waals surface area contributed by atoms with Crippen LogP contribution in [0.2, 0.25) is 0 Å². The molecule has 0 spiro atoms. The summed E-state index contributed by atoms with van der Waals surface area (Å²) in [6.45, 7) is 0. The molecule has 1 aromatic carbocycles. The highest BCUT2D eigenvalue weighted by Gasteiger charge is 2.04. The van der Waals surface area contributed by atoms with Crippen molar-refractivity contribution in [1.29, 1.82) is 0 Å². The van der Waals surface area contributed by atoms with Crippen LogP contribution in [-0.2, 0) is 0 Å². The van der Waals surface area contributed by atoms with Gasteiger partial charge in [0.1, 0.15) is 5.82 Å². The molecule has 0 fully saturated rings. The number of aromatic hydroxyl groups is 1. The van der Waals surface area contributed by atoms with Gasteiger partial charge in [0.15, 0.2) is 5.88 Å². The van der Waals surface area contributed by atoms with Crippen LogP contribution in [0.1, 0.15) is 0 Å². The van der Waals surface area contributed by atoms with Crippen LogP contribution in [0.3, 0.4) is 0 Å². The fourth-order valence-corrected chi connectivity index (χ4v) is 1.22. The van der Waals surface area contributed by atoms with E-state index in [0.29, 0.717) is 16.6 Å². The molecule has 62 valence electrons. The maximum atomic E-state index is 12.7. The van der Waals surface area contributed by atoms with E-state index in [1.165, 1.54) is 18.2 Å². The summed E-state index contributed by atoms with van der Waals surface area (Å²) in [5, 5.41) is 9.61. The highest BCUT2D eigenvalue weighted by molar-refractivity contribution is 5.91. The molecule has 2 rings (SSSR count). The van der Waals surface area contributed by atoms with E-state index in [9.17, 15) is 4.39 Å². The van der Waals surface area contributed by atoms with Gasteiger partial charge in [-0.05, 0) is 12.1 Å². The molecule has 2 aromatic rings. The molecule has 4 heteroatoms. The number of fused-ring (bicyclic) bond motifs is 1. The molecule has 0 saturated heterocycles. The lowest BCUT2D eigenvalue weighted by atomic mass is 10.2. The minimum Gasteiger partial charge on any atom is -0.495 e. The van der Waals surface area contributed by atoms with Crippen molar-refractivity contribution in [1.82, 2.24) is 4.98 Å². The predicted molar refractivity (Wildman–Crippen MR) is 44.3 cm³/mol. The second-order valence-corrected chi connectivity index (χ2v) is 2.61. The zero-order chi connectivity index (χ0) is 8.72. The number of nitrogen functional groups attached to an aromatic ring is 1. The Hall–Kier alpha value is -1.71. The predicted octanol–water partition coefficient (Wildman–Crippen LogP) is 1.59. The van der Waals surface area contributed by atoms with E-state index in [1.807, 2.05) is 0 Å². The quantitative estimate of drug-likeness (QED) is 0.520. The van der Waals surface area contributed by atoms with Crippen LogP contribution >= 0.6 is 0 Å². The Morgan fingerprint density at radius 3 is 2.83 bits per heavy atom. The molecule has 0 aliphatic rings. The van der Waals surface area contributed by atoms with Gasteiger partial charge in [-0.25, -0.2) is 4.39 Å². The number of hydrogen-bond donors (Lipinski definition) is 3. The van der Waals surface area contributed by atoms with E-state index in [4.69, 9.17) is 10.8 Å². The first-order valence-corrected chi connectivity index (χ1v) is 3.43. The molecular formula is C8H7FN2O. The molecule has 0 atom stereocenters. The Labute approximate surface area is 67.6 Å². The Bertz CT molecular complexity index is 436. The Morgan fingerprint density at radius 1 is 1.33 bits per heavy atom. The van der Waals surface area contributed by atoms with E-state index in [-0.39, 0.29) is 5.88 Å². The molecule has 3 nitrogen and oxygen atoms in total. The first-order valence-electron chi connectivity index (χ1n) is 3.43. The molecule has 0 aliphatic heterocycles. The number of nitrogens with one attached hydrogen (secondary N) is 1. The number of H-pyrrole nitrogens is 1. The zero-order valence-electron chi connectivity index (χ0n) is 6.13. The van der Waals surface area contributed by atoms with Crippen molar-refractivity contribution in [3.05, 3.63) is 24.0 Å². The monoisotopic (exact) mass is 166 g/mol. The van der Waals surface area contributed by atoms with Gasteiger partial charge in [-0.1, -0.05) is 0 Å². The summed E-state index contributed by atoms with van der Waals surface area (Å²) >= 11 is 0. The fraction of sp³-hybridized carbons (Fsp3) is 0. The van der Waals surface area contributed by atoms with Gasteiger partial charge in [0, 0.05) is 11.5 Å². The molecule has 1 heterocycles. The van der Waals surface area contributed by atoms with Crippen molar-refractivity contribution in [2.24, 2.45) is 0 Å². The van der Waals surface area contributed by atoms with Gasteiger partial charge in [-0.15, -0.1) is 0 Å². The van der Waals surface area contributed by atoms with Crippen molar-refractivity contribution in [2.45, 2.75) is 0 Å². The Balaban J connectivity index is 2.88. The molecule has 4 N–H and O–H groups in total. The first-order chi connectivity index (χ1) is 5.66. The number of hydrogen-bond acceptors (Lipinski definition) is 2. The van der Waals surface area contributed by atoms with Crippen LogP contribution in [0.15, 0.2) is 18.2 Å². The van der Waals surface area contributed by atoms with Crippen molar-refractivity contribution in [3.63, 3.8) is 0 Å². The van der Waals surface area contributed by atoms with Crippen LogP contribution in [0.4, 0.5) is 10.1 Å².